The number of benzene rings is 1. The van der Waals surface area contributed by atoms with Crippen LogP contribution in [0.3, 0.4) is 0 Å². The molecule has 10 N–H and O–H groups in total. The maximum atomic E-state index is 14.6. The van der Waals surface area contributed by atoms with Crippen molar-refractivity contribution in [2.24, 2.45) is 0 Å². The van der Waals surface area contributed by atoms with Crippen molar-refractivity contribution in [2.45, 2.75) is 323 Å². The van der Waals surface area contributed by atoms with E-state index in [4.69, 9.17) is 75.8 Å². The van der Waals surface area contributed by atoms with Gasteiger partial charge in [-0.2, -0.15) is 0 Å². The van der Waals surface area contributed by atoms with Crippen molar-refractivity contribution < 1.29 is 172 Å². The van der Waals surface area contributed by atoms with Crippen molar-refractivity contribution in [3.05, 3.63) is 35.9 Å². The van der Waals surface area contributed by atoms with Gasteiger partial charge in [-0.3, -0.25) is 101 Å². The van der Waals surface area contributed by atoms with Crippen LogP contribution < -0.4 is 53.2 Å². The number of esters is 10. The average molecular weight is 1970 g/mol. The summed E-state index contributed by atoms with van der Waals surface area (Å²) in [4.78, 5) is 256. The number of rotatable bonds is 65. The maximum absolute atomic E-state index is 14.6. The molecular formula is C91H141N11O36. The zero-order valence-electron chi connectivity index (χ0n) is 81.0. The highest BCUT2D eigenvalue weighted by Crippen LogP contribution is 2.37. The minimum Gasteiger partial charge on any atom is -0.463 e. The third-order valence-corrected chi connectivity index (χ3v) is 20.8. The molecule has 0 bridgehead atoms. The second kappa shape index (κ2) is 66.0. The van der Waals surface area contributed by atoms with Crippen molar-refractivity contribution in [1.29, 1.82) is 0 Å². The SMILES string of the molecule is CC(=O)NC1C(OCCCCCC(=O)NCCCNC(=O)CN(CC(=O)NCCCNC(=O)CCCCCOC2OC(COC(C)=O)CC(OC(C)=O)(OC(C)=O)C2NC(C)=O)C(CCCCNC(=O)CCCC(=O)OCc2ccccc2)C(=O)NCCCNC(=O)CCCCCOC2OC(COC(C)=O)C(OC(C)=O)C(OC(C)=O)C2NC(C)=O)OC(COC(C)=O)C(OC(C)=O)C1OC(C)=O. The molecule has 0 saturated carbocycles. The summed E-state index contributed by atoms with van der Waals surface area (Å²) < 4.78 is 90.1. The Morgan fingerprint density at radius 3 is 1.12 bits per heavy atom. The molecule has 0 spiro atoms. The van der Waals surface area contributed by atoms with Crippen molar-refractivity contribution in [3.63, 3.8) is 0 Å². The van der Waals surface area contributed by atoms with Gasteiger partial charge in [0, 0.05) is 181 Å². The highest BCUT2D eigenvalue weighted by Gasteiger charge is 2.58. The minimum absolute atomic E-state index is 0.00265. The Hall–Kier alpha value is -11.7. The molecule has 10 amide bonds. The highest BCUT2D eigenvalue weighted by atomic mass is 16.8. The van der Waals surface area contributed by atoms with E-state index in [1.54, 1.807) is 0 Å². The predicted molar refractivity (Wildman–Crippen MR) is 479 cm³/mol. The number of nitrogens with zero attached hydrogens (tertiary/aromatic N) is 1. The molecule has 3 heterocycles. The molecule has 14 atom stereocenters. The van der Waals surface area contributed by atoms with Crippen LogP contribution in [0.5, 0.6) is 0 Å². The standard InChI is InChI=1S/C91H141N11O36/c1-56(103)99-80-84(132-64(9)111)82(130-62(7)109)71(54-127-60(5)107)135-88(80)123-46-24-14-19-34-73(115)93-40-28-43-96-77(119)50-102(51-78(120)97-44-29-41-94-74(116)36-21-16-26-48-125-90-86(101-58(3)105)91(137-66(11)113,138-67(12)114)49-69(134-90)53-126-59(4)106)70(33-22-23-39-92-76(118)37-27-38-79(121)129-52-68-31-17-13-18-32-68)87(122)98-45-30-42-95-75(117)35-20-15-25-47-124-89-81(100-57(2)104)85(133-65(10)112)83(131-63(8)110)72(136-89)55-128-61(6)108/h13,17-18,31-32,69-72,80-86,88-90H,14-16,19-30,33-55H2,1-12H3,(H,92,118)(H,93,115)(H,94,116)(H,95,117)(H,96,119)(H,97,120)(H,98,122)(H,99,103)(H,100,104)(H,101,105). The van der Waals surface area contributed by atoms with E-state index in [-0.39, 0.29) is 180 Å². The van der Waals surface area contributed by atoms with Gasteiger partial charge in [0.25, 0.3) is 5.79 Å². The zero-order valence-corrected chi connectivity index (χ0v) is 81.0. The van der Waals surface area contributed by atoms with Gasteiger partial charge in [-0.15, -0.1) is 0 Å². The van der Waals surface area contributed by atoms with Crippen LogP contribution in [-0.2, 0) is 178 Å². The Labute approximate surface area is 802 Å². The van der Waals surface area contributed by atoms with Crippen LogP contribution in [0, 0.1) is 0 Å². The Bertz CT molecular complexity index is 4090. The largest absolute Gasteiger partial charge is 0.463 e. The highest BCUT2D eigenvalue weighted by molar-refractivity contribution is 5.86. The molecule has 47 nitrogen and oxygen atoms in total. The number of ether oxygens (including phenoxy) is 16. The van der Waals surface area contributed by atoms with Gasteiger partial charge in [0.1, 0.15) is 56.8 Å². The zero-order chi connectivity index (χ0) is 102. The molecule has 3 aliphatic rings. The molecule has 0 radical (unpaired) electrons. The number of hydrogen-bond donors (Lipinski definition) is 10. The molecule has 0 aliphatic carbocycles. The van der Waals surface area contributed by atoms with Gasteiger partial charge in [0.2, 0.25) is 59.1 Å². The van der Waals surface area contributed by atoms with Gasteiger partial charge in [-0.1, -0.05) is 49.6 Å². The van der Waals surface area contributed by atoms with Gasteiger partial charge in [-0.05, 0) is 89.0 Å². The summed E-state index contributed by atoms with van der Waals surface area (Å²) in [5.74, 6) is -14.2. The normalized spacial score (nSPS) is 20.4. The summed E-state index contributed by atoms with van der Waals surface area (Å²) >= 11 is 0. The Balaban J connectivity index is 1.43. The van der Waals surface area contributed by atoms with E-state index in [9.17, 15) is 95.9 Å². The number of unbranched alkanes of at least 4 members (excludes halogenated alkanes) is 7. The fourth-order valence-corrected chi connectivity index (χ4v) is 14.9. The smallest absolute Gasteiger partial charge is 0.306 e. The summed E-state index contributed by atoms with van der Waals surface area (Å²) in [7, 11) is 0. The van der Waals surface area contributed by atoms with Crippen LogP contribution in [0.2, 0.25) is 0 Å². The molecular weight excluding hydrogens is 1820 g/mol. The molecule has 3 aliphatic heterocycles. The van der Waals surface area contributed by atoms with Gasteiger partial charge >= 0.3 is 59.7 Å². The van der Waals surface area contributed by atoms with Gasteiger partial charge in [0.15, 0.2) is 49.3 Å². The lowest BCUT2D eigenvalue weighted by atomic mass is 9.95. The summed E-state index contributed by atoms with van der Waals surface area (Å²) in [5, 5.41) is 27.6. The molecule has 14 unspecified atom stereocenters. The lowest BCUT2D eigenvalue weighted by Gasteiger charge is -2.47. The van der Waals surface area contributed by atoms with E-state index < -0.39 is 213 Å². The van der Waals surface area contributed by atoms with E-state index in [2.05, 4.69) is 53.2 Å². The topological polar surface area (TPSA) is 613 Å². The average Bonchev–Trinajstić information content (AvgIpc) is 0.626. The summed E-state index contributed by atoms with van der Waals surface area (Å²) in [6.45, 7) is 12.2. The lowest BCUT2D eigenvalue weighted by molar-refractivity contribution is -0.323. The molecule has 47 heteroatoms. The van der Waals surface area contributed by atoms with Crippen LogP contribution in [0.1, 0.15) is 230 Å². The molecule has 0 aromatic heterocycles. The number of carbonyl (C=O) groups excluding carboxylic acids is 20. The first-order valence-electron chi connectivity index (χ1n) is 46.6. The first-order chi connectivity index (χ1) is 65.6. The van der Waals surface area contributed by atoms with Crippen molar-refractivity contribution in [1.82, 2.24) is 58.1 Å². The van der Waals surface area contributed by atoms with E-state index in [0.717, 1.165) is 61.0 Å². The monoisotopic (exact) mass is 1960 g/mol. The molecule has 1 aromatic rings. The maximum Gasteiger partial charge on any atom is 0.306 e. The predicted octanol–water partition coefficient (Wildman–Crippen LogP) is 0.773. The van der Waals surface area contributed by atoms with Crippen LogP contribution in [0.25, 0.3) is 0 Å². The number of hydrogen-bond acceptors (Lipinski definition) is 37. The van der Waals surface area contributed by atoms with Crippen molar-refractivity contribution in [3.8, 4) is 0 Å². The van der Waals surface area contributed by atoms with E-state index in [1.165, 1.54) is 32.6 Å². The molecule has 3 fully saturated rings. The number of amides is 10. The van der Waals surface area contributed by atoms with E-state index >= 15 is 0 Å². The van der Waals surface area contributed by atoms with Crippen LogP contribution >= 0.6 is 0 Å². The van der Waals surface area contributed by atoms with Crippen LogP contribution in [0.4, 0.5) is 0 Å². The van der Waals surface area contributed by atoms with Crippen LogP contribution in [0.15, 0.2) is 30.3 Å². The van der Waals surface area contributed by atoms with E-state index in [0.29, 0.717) is 64.2 Å². The Morgan fingerprint density at radius 2 is 0.725 bits per heavy atom. The summed E-state index contributed by atoms with van der Waals surface area (Å²) in [5.41, 5.74) is 0.803. The number of carbonyl (C=O) groups is 20. The second-order valence-corrected chi connectivity index (χ2v) is 33.2. The number of nitrogens with one attached hydrogen (secondary N) is 10. The van der Waals surface area contributed by atoms with Gasteiger partial charge in [0.05, 0.1) is 25.6 Å². The second-order valence-electron chi connectivity index (χ2n) is 33.2. The van der Waals surface area contributed by atoms with E-state index in [1.807, 2.05) is 30.3 Å². The summed E-state index contributed by atoms with van der Waals surface area (Å²) in [6.07, 6.45) is -7.40. The molecule has 776 valence electrons. The third-order valence-electron chi connectivity index (χ3n) is 20.8. The van der Waals surface area contributed by atoms with Gasteiger partial charge in [-0.25, -0.2) is 0 Å². The first kappa shape index (κ1) is 119. The summed E-state index contributed by atoms with van der Waals surface area (Å²) in [6, 6.07) is 4.22. The molecule has 138 heavy (non-hydrogen) atoms. The third kappa shape index (κ3) is 50.1. The quantitative estimate of drug-likeness (QED) is 0.0186. The fourth-order valence-electron chi connectivity index (χ4n) is 14.9. The van der Waals surface area contributed by atoms with Crippen molar-refractivity contribution >= 4 is 119 Å². The Morgan fingerprint density at radius 1 is 0.355 bits per heavy atom. The van der Waals surface area contributed by atoms with Crippen molar-refractivity contribution in [2.75, 3.05) is 98.5 Å². The molecule has 3 saturated heterocycles. The fraction of sp³-hybridized carbons (Fsp3) is 0.714. The molecule has 1 aromatic carbocycles. The van der Waals surface area contributed by atoms with Gasteiger partial charge < -0.3 is 129 Å². The Kier molecular flexibility index (Phi) is 56.8. The first-order valence-corrected chi connectivity index (χ1v) is 46.6. The molecule has 4 rings (SSSR count). The lowest BCUT2D eigenvalue weighted by Crippen LogP contribution is -2.68. The van der Waals surface area contributed by atoms with Crippen LogP contribution in [-0.4, -0.2) is 314 Å². The minimum atomic E-state index is -2.11.